The molecule has 2 unspecified atom stereocenters. The van der Waals surface area contributed by atoms with Gasteiger partial charge in [0.05, 0.1) is 23.8 Å². The number of benzene rings is 2. The summed E-state index contributed by atoms with van der Waals surface area (Å²) in [5.74, 6) is -1.32. The van der Waals surface area contributed by atoms with Crippen LogP contribution in [0.4, 0.5) is 13.2 Å². The van der Waals surface area contributed by atoms with Crippen LogP contribution in [-0.2, 0) is 21.8 Å². The fourth-order valence-corrected chi connectivity index (χ4v) is 3.65. The van der Waals surface area contributed by atoms with Gasteiger partial charge in [0.1, 0.15) is 12.2 Å². The minimum atomic E-state index is -4.39. The van der Waals surface area contributed by atoms with Crippen molar-refractivity contribution in [3.8, 4) is 0 Å². The Morgan fingerprint density at radius 2 is 1.94 bits per heavy atom. The molecule has 0 heterocycles. The summed E-state index contributed by atoms with van der Waals surface area (Å²) in [7, 11) is 0. The minimum Gasteiger partial charge on any atom is -0.392 e. The molecular weight excluding hydrogens is 433 g/mol. The lowest BCUT2D eigenvalue weighted by atomic mass is 10.00. The number of nitrogens with one attached hydrogen (secondary N) is 1. The average Bonchev–Trinajstić information content (AvgIpc) is 3.54. The van der Waals surface area contributed by atoms with Gasteiger partial charge in [0, 0.05) is 5.92 Å². The third kappa shape index (κ3) is 5.38. The number of carbonyl (C=O) groups is 2. The van der Waals surface area contributed by atoms with Gasteiger partial charge in [0.2, 0.25) is 5.91 Å². The van der Waals surface area contributed by atoms with Crippen LogP contribution >= 0.6 is 12.2 Å². The number of aliphatic hydroxyl groups is 1. The van der Waals surface area contributed by atoms with Crippen LogP contribution < -0.4 is 10.5 Å². The van der Waals surface area contributed by atoms with Crippen molar-refractivity contribution < 1.29 is 32.0 Å². The van der Waals surface area contributed by atoms with Crippen LogP contribution in [0, 0.1) is 5.92 Å². The van der Waals surface area contributed by atoms with E-state index in [1.54, 1.807) is 19.1 Å². The Labute approximate surface area is 181 Å². The molecule has 2 aromatic carbocycles. The molecule has 4 N–H and O–H groups in total. The van der Waals surface area contributed by atoms with Crippen LogP contribution in [0.1, 0.15) is 57.9 Å². The molecule has 10 heteroatoms. The van der Waals surface area contributed by atoms with Crippen molar-refractivity contribution in [2.75, 3.05) is 0 Å². The Morgan fingerprint density at radius 3 is 2.52 bits per heavy atom. The molecule has 2 aromatic rings. The Kier molecular flexibility index (Phi) is 6.93. The zero-order valence-electron chi connectivity index (χ0n) is 16.5. The van der Waals surface area contributed by atoms with Gasteiger partial charge in [-0.15, -0.1) is 0 Å². The molecule has 31 heavy (non-hydrogen) atoms. The number of hydrogen-bond donors (Lipinski definition) is 3. The van der Waals surface area contributed by atoms with Gasteiger partial charge in [0.15, 0.2) is 0 Å². The van der Waals surface area contributed by atoms with Crippen LogP contribution in [-0.4, -0.2) is 17.0 Å². The van der Waals surface area contributed by atoms with Crippen molar-refractivity contribution in [3.63, 3.8) is 0 Å². The summed E-state index contributed by atoms with van der Waals surface area (Å²) in [6.07, 6.45) is -3.83. The van der Waals surface area contributed by atoms with E-state index in [1.807, 2.05) is 0 Å². The third-order valence-corrected chi connectivity index (χ3v) is 5.54. The molecule has 3 atom stereocenters. The Bertz CT molecular complexity index is 966. The summed E-state index contributed by atoms with van der Waals surface area (Å²) < 4.78 is 42.8. The molecule has 0 aliphatic heterocycles. The van der Waals surface area contributed by atoms with Crippen LogP contribution in [0.25, 0.3) is 0 Å². The predicted molar refractivity (Wildman–Crippen MR) is 108 cm³/mol. The molecule has 0 aromatic heterocycles. The van der Waals surface area contributed by atoms with E-state index in [4.69, 9.17) is 5.14 Å². The molecule has 0 saturated heterocycles. The van der Waals surface area contributed by atoms with Crippen LogP contribution in [0.15, 0.2) is 42.5 Å². The number of carbonyl (C=O) groups excluding carboxylic acids is 2. The molecule has 0 spiro atoms. The van der Waals surface area contributed by atoms with E-state index in [9.17, 15) is 27.9 Å². The lowest BCUT2D eigenvalue weighted by molar-refractivity contribution is -0.137. The summed E-state index contributed by atoms with van der Waals surface area (Å²) >= 11 is 0.409. The van der Waals surface area contributed by atoms with Gasteiger partial charge in [-0.25, -0.2) is 9.93 Å². The molecule has 1 amide bonds. The van der Waals surface area contributed by atoms with Gasteiger partial charge < -0.3 is 14.6 Å². The molecular formula is C21H21F3N2O4S. The van der Waals surface area contributed by atoms with Gasteiger partial charge >= 0.3 is 12.1 Å². The molecule has 6 nitrogen and oxygen atoms in total. The summed E-state index contributed by atoms with van der Waals surface area (Å²) in [6.45, 7) is 1.37. The topological polar surface area (TPSA) is 102 Å². The smallest absolute Gasteiger partial charge is 0.392 e. The first-order valence-corrected chi connectivity index (χ1v) is 10.2. The fraction of sp³-hybridized carbons (Fsp3) is 0.333. The molecule has 1 fully saturated rings. The monoisotopic (exact) mass is 454 g/mol. The van der Waals surface area contributed by atoms with E-state index in [0.29, 0.717) is 35.3 Å². The summed E-state index contributed by atoms with van der Waals surface area (Å²) in [6, 6.07) is 9.20. The summed E-state index contributed by atoms with van der Waals surface area (Å²) in [4.78, 5) is 24.4. The maximum Gasteiger partial charge on any atom is 0.416 e. The van der Waals surface area contributed by atoms with Gasteiger partial charge in [-0.05, 0) is 54.2 Å². The number of halogens is 3. The predicted octanol–water partition coefficient (Wildman–Crippen LogP) is 3.86. The maximum atomic E-state index is 12.7. The van der Waals surface area contributed by atoms with E-state index in [-0.39, 0.29) is 23.3 Å². The quantitative estimate of drug-likeness (QED) is 0.434. The standard InChI is InChI=1S/C21H21F3N2O4S/c1-11(13-4-7-16(14(8-13)10-27)20(29)30-31-25)26-19(28)18-9-17(18)12-2-5-15(6-3-12)21(22,23)24/h2-8,11,17-18,27H,9-10,25H2,1H3,(H,26,28)/t11-,17?,18?/m1/s1. The molecule has 1 aliphatic rings. The van der Waals surface area contributed by atoms with Crippen molar-refractivity contribution in [3.05, 3.63) is 70.3 Å². The second-order valence-corrected chi connectivity index (χ2v) is 7.70. The van der Waals surface area contributed by atoms with E-state index >= 15 is 0 Å². The van der Waals surface area contributed by atoms with Crippen molar-refractivity contribution >= 4 is 24.1 Å². The first-order valence-electron chi connectivity index (χ1n) is 9.44. The maximum absolute atomic E-state index is 12.7. The Morgan fingerprint density at radius 1 is 1.26 bits per heavy atom. The highest BCUT2D eigenvalue weighted by atomic mass is 32.2. The van der Waals surface area contributed by atoms with Crippen LogP contribution in [0.2, 0.25) is 0 Å². The number of rotatable bonds is 7. The van der Waals surface area contributed by atoms with Crippen LogP contribution in [0.3, 0.4) is 0 Å². The molecule has 1 saturated carbocycles. The number of aliphatic hydroxyl groups excluding tert-OH is 1. The fourth-order valence-electron chi connectivity index (χ4n) is 3.48. The summed E-state index contributed by atoms with van der Waals surface area (Å²) in [5.41, 5.74) is 1.17. The van der Waals surface area contributed by atoms with Crippen LogP contribution in [0.5, 0.6) is 0 Å². The van der Waals surface area contributed by atoms with Gasteiger partial charge in [-0.3, -0.25) is 4.79 Å². The van der Waals surface area contributed by atoms with E-state index < -0.39 is 30.4 Å². The summed E-state index contributed by atoms with van der Waals surface area (Å²) in [5, 5.41) is 17.5. The molecule has 166 valence electrons. The molecule has 3 rings (SSSR count). The largest absolute Gasteiger partial charge is 0.416 e. The van der Waals surface area contributed by atoms with Gasteiger partial charge in [-0.1, -0.05) is 24.3 Å². The number of nitrogens with two attached hydrogens (primary N) is 1. The second-order valence-electron chi connectivity index (χ2n) is 7.34. The minimum absolute atomic E-state index is 0.117. The lowest BCUT2D eigenvalue weighted by Crippen LogP contribution is -2.28. The number of amides is 1. The normalized spacial score (nSPS) is 18.9. The second kappa shape index (κ2) is 9.29. The molecule has 1 aliphatic carbocycles. The first kappa shape index (κ1) is 23.1. The Balaban J connectivity index is 1.63. The highest BCUT2D eigenvalue weighted by Gasteiger charge is 2.44. The third-order valence-electron chi connectivity index (χ3n) is 5.30. The van der Waals surface area contributed by atoms with Crippen molar-refractivity contribution in [1.82, 2.24) is 5.32 Å². The zero-order chi connectivity index (χ0) is 22.8. The number of hydrogen-bond acceptors (Lipinski definition) is 6. The molecule has 0 radical (unpaired) electrons. The van der Waals surface area contributed by atoms with E-state index in [2.05, 4.69) is 9.50 Å². The lowest BCUT2D eigenvalue weighted by Gasteiger charge is -2.16. The highest BCUT2D eigenvalue weighted by Crippen LogP contribution is 2.48. The van der Waals surface area contributed by atoms with Crippen molar-refractivity contribution in [2.24, 2.45) is 11.1 Å². The first-order chi connectivity index (χ1) is 14.7. The van der Waals surface area contributed by atoms with Crippen molar-refractivity contribution in [1.29, 1.82) is 0 Å². The highest BCUT2D eigenvalue weighted by molar-refractivity contribution is 7.92. The Hall–Kier alpha value is -2.56. The zero-order valence-corrected chi connectivity index (χ0v) is 17.3. The molecule has 0 bridgehead atoms. The van der Waals surface area contributed by atoms with E-state index in [1.165, 1.54) is 18.2 Å². The van der Waals surface area contributed by atoms with Gasteiger partial charge in [0.25, 0.3) is 0 Å². The van der Waals surface area contributed by atoms with E-state index in [0.717, 1.165) is 12.1 Å². The van der Waals surface area contributed by atoms with Gasteiger partial charge in [-0.2, -0.15) is 13.2 Å². The average molecular weight is 454 g/mol. The van der Waals surface area contributed by atoms with Crippen molar-refractivity contribution in [2.45, 2.75) is 38.1 Å². The SMILES string of the molecule is C[C@@H](NC(=O)C1CC1c1ccc(C(F)(F)F)cc1)c1ccc(C(=O)OSN)c(CO)c1. The number of alkyl halides is 3.